The van der Waals surface area contributed by atoms with Gasteiger partial charge in [0.1, 0.15) is 6.61 Å². The molecule has 138 valence electrons. The van der Waals surface area contributed by atoms with E-state index in [0.717, 1.165) is 6.42 Å². The van der Waals surface area contributed by atoms with E-state index in [1.54, 1.807) is 18.2 Å². The van der Waals surface area contributed by atoms with E-state index in [1.165, 1.54) is 12.3 Å². The minimum absolute atomic E-state index is 0.0468. The number of hydrogen-bond acceptors (Lipinski definition) is 6. The van der Waals surface area contributed by atoms with Gasteiger partial charge in [0.2, 0.25) is 12.2 Å². The molecule has 0 aliphatic carbocycles. The molecule has 0 saturated heterocycles. The molecule has 1 aromatic heterocycles. The fraction of sp³-hybridized carbons (Fsp3) is 0.368. The summed E-state index contributed by atoms with van der Waals surface area (Å²) < 4.78 is 21.1. The molecule has 1 aromatic carbocycles. The number of carbonyl (C=O) groups excluding carboxylic acids is 1. The zero-order valence-corrected chi connectivity index (χ0v) is 14.7. The molecular formula is C19H21NO6. The quantitative estimate of drug-likeness (QED) is 0.765. The monoisotopic (exact) mass is 359 g/mol. The maximum Gasteiger partial charge on any atom is 0.338 e. The summed E-state index contributed by atoms with van der Waals surface area (Å²) in [7, 11) is 0. The van der Waals surface area contributed by atoms with Crippen molar-refractivity contribution < 1.29 is 23.7 Å². The minimum atomic E-state index is -0.513. The molecule has 0 atom stereocenters. The topological polar surface area (TPSA) is 86.8 Å². The number of benzene rings is 1. The normalized spacial score (nSPS) is 12.3. The van der Waals surface area contributed by atoms with Crippen molar-refractivity contribution in [2.24, 2.45) is 5.92 Å². The number of carbonyl (C=O) groups is 1. The van der Waals surface area contributed by atoms with Gasteiger partial charge in [0.15, 0.2) is 17.2 Å². The number of fused-ring (bicyclic) bond motifs is 1. The Labute approximate surface area is 150 Å². The van der Waals surface area contributed by atoms with Crippen LogP contribution in [0.4, 0.5) is 0 Å². The average molecular weight is 359 g/mol. The Morgan fingerprint density at radius 1 is 1.23 bits per heavy atom. The standard InChI is InChI=1S/C19H21NO6/c1-12(2)5-6-23-18-9-20-14(8-15(18)21)10-24-19(22)13-3-4-16-17(7-13)26-11-25-16/h3-4,7-9,12H,5-6,10-11H2,1-2H3,(H,20,21). The third-order valence-electron chi connectivity index (χ3n) is 3.86. The number of esters is 1. The van der Waals surface area contributed by atoms with E-state index in [9.17, 15) is 9.59 Å². The maximum atomic E-state index is 12.1. The number of rotatable bonds is 7. The van der Waals surface area contributed by atoms with Gasteiger partial charge in [0.05, 0.1) is 17.9 Å². The molecule has 1 N–H and O–H groups in total. The van der Waals surface area contributed by atoms with E-state index < -0.39 is 5.97 Å². The molecule has 3 rings (SSSR count). The second-order valence-corrected chi connectivity index (χ2v) is 6.36. The van der Waals surface area contributed by atoms with Gasteiger partial charge in [-0.2, -0.15) is 0 Å². The van der Waals surface area contributed by atoms with Gasteiger partial charge in [-0.1, -0.05) is 13.8 Å². The molecule has 0 amide bonds. The van der Waals surface area contributed by atoms with Gasteiger partial charge in [-0.05, 0) is 30.5 Å². The molecule has 7 nitrogen and oxygen atoms in total. The molecule has 0 fully saturated rings. The van der Waals surface area contributed by atoms with Crippen molar-refractivity contribution in [1.82, 2.24) is 4.98 Å². The Morgan fingerprint density at radius 2 is 2.04 bits per heavy atom. The van der Waals surface area contributed by atoms with Crippen LogP contribution in [0.3, 0.4) is 0 Å². The van der Waals surface area contributed by atoms with Crippen LogP contribution < -0.4 is 19.6 Å². The number of ether oxygens (including phenoxy) is 4. The van der Waals surface area contributed by atoms with E-state index in [0.29, 0.717) is 35.3 Å². The Bertz CT molecular complexity index is 842. The summed E-state index contributed by atoms with van der Waals surface area (Å²) in [5.41, 5.74) is 0.590. The number of aromatic amines is 1. The van der Waals surface area contributed by atoms with Crippen LogP contribution >= 0.6 is 0 Å². The average Bonchev–Trinajstić information content (AvgIpc) is 3.08. The number of hydrogen-bond donors (Lipinski definition) is 1. The lowest BCUT2D eigenvalue weighted by Gasteiger charge is -2.09. The summed E-state index contributed by atoms with van der Waals surface area (Å²) >= 11 is 0. The van der Waals surface area contributed by atoms with Crippen LogP contribution in [0.1, 0.15) is 36.3 Å². The first-order valence-corrected chi connectivity index (χ1v) is 8.44. The van der Waals surface area contributed by atoms with Gasteiger partial charge in [0, 0.05) is 12.3 Å². The fourth-order valence-corrected chi connectivity index (χ4v) is 2.35. The molecule has 1 aliphatic rings. The van der Waals surface area contributed by atoms with Crippen molar-refractivity contribution in [1.29, 1.82) is 0 Å². The van der Waals surface area contributed by atoms with Gasteiger partial charge >= 0.3 is 5.97 Å². The van der Waals surface area contributed by atoms with Crippen LogP contribution in [0, 0.1) is 5.92 Å². The SMILES string of the molecule is CC(C)CCOc1c[nH]c(COC(=O)c2ccc3c(c2)OCO3)cc1=O. The van der Waals surface area contributed by atoms with Crippen molar-refractivity contribution in [3.05, 3.63) is 51.9 Å². The molecular weight excluding hydrogens is 338 g/mol. The van der Waals surface area contributed by atoms with Crippen molar-refractivity contribution in [3.8, 4) is 17.2 Å². The summed E-state index contributed by atoms with van der Waals surface area (Å²) in [6, 6.07) is 6.20. The lowest BCUT2D eigenvalue weighted by molar-refractivity contribution is 0.0467. The number of aromatic nitrogens is 1. The molecule has 0 unspecified atom stereocenters. The smallest absolute Gasteiger partial charge is 0.338 e. The van der Waals surface area contributed by atoms with Crippen molar-refractivity contribution in [3.63, 3.8) is 0 Å². The first-order valence-electron chi connectivity index (χ1n) is 8.44. The Morgan fingerprint density at radius 3 is 2.81 bits per heavy atom. The highest BCUT2D eigenvalue weighted by molar-refractivity contribution is 5.90. The van der Waals surface area contributed by atoms with Gasteiger partial charge in [-0.3, -0.25) is 4.79 Å². The van der Waals surface area contributed by atoms with Crippen LogP contribution in [0.25, 0.3) is 0 Å². The van der Waals surface area contributed by atoms with Crippen LogP contribution in [-0.4, -0.2) is 24.4 Å². The van der Waals surface area contributed by atoms with E-state index in [4.69, 9.17) is 18.9 Å². The van der Waals surface area contributed by atoms with Crippen LogP contribution in [0.15, 0.2) is 35.3 Å². The highest BCUT2D eigenvalue weighted by atomic mass is 16.7. The summed E-state index contributed by atoms with van der Waals surface area (Å²) in [6.45, 7) is 4.75. The van der Waals surface area contributed by atoms with Crippen molar-refractivity contribution in [2.75, 3.05) is 13.4 Å². The highest BCUT2D eigenvalue weighted by Gasteiger charge is 2.17. The molecule has 0 spiro atoms. The summed E-state index contributed by atoms with van der Waals surface area (Å²) in [4.78, 5) is 27.1. The molecule has 2 heterocycles. The lowest BCUT2D eigenvalue weighted by Crippen LogP contribution is -2.13. The van der Waals surface area contributed by atoms with Gasteiger partial charge in [0.25, 0.3) is 0 Å². The predicted octanol–water partition coefficient (Wildman–Crippen LogP) is 2.89. The highest BCUT2D eigenvalue weighted by Crippen LogP contribution is 2.32. The molecule has 7 heteroatoms. The third kappa shape index (κ3) is 4.36. The Kier molecular flexibility index (Phi) is 5.46. The second-order valence-electron chi connectivity index (χ2n) is 6.36. The Hall–Kier alpha value is -2.96. The fourth-order valence-electron chi connectivity index (χ4n) is 2.35. The zero-order chi connectivity index (χ0) is 18.5. The molecule has 0 bridgehead atoms. The van der Waals surface area contributed by atoms with E-state index in [1.807, 2.05) is 0 Å². The van der Waals surface area contributed by atoms with E-state index in [2.05, 4.69) is 18.8 Å². The van der Waals surface area contributed by atoms with Crippen LogP contribution in [-0.2, 0) is 11.3 Å². The third-order valence-corrected chi connectivity index (χ3v) is 3.86. The van der Waals surface area contributed by atoms with Gasteiger partial charge in [-0.25, -0.2) is 4.79 Å². The molecule has 0 radical (unpaired) electrons. The molecule has 26 heavy (non-hydrogen) atoms. The van der Waals surface area contributed by atoms with Crippen LogP contribution in [0.2, 0.25) is 0 Å². The lowest BCUT2D eigenvalue weighted by atomic mass is 10.1. The first-order chi connectivity index (χ1) is 12.5. The number of nitrogens with one attached hydrogen (secondary N) is 1. The molecule has 0 saturated carbocycles. The Balaban J connectivity index is 1.56. The van der Waals surface area contributed by atoms with E-state index in [-0.39, 0.29) is 24.6 Å². The first kappa shape index (κ1) is 17.8. The van der Waals surface area contributed by atoms with Gasteiger partial charge < -0.3 is 23.9 Å². The maximum absolute atomic E-state index is 12.1. The second kappa shape index (κ2) is 7.95. The molecule has 1 aliphatic heterocycles. The largest absolute Gasteiger partial charge is 0.488 e. The number of H-pyrrole nitrogens is 1. The summed E-state index contributed by atoms with van der Waals surface area (Å²) in [5, 5.41) is 0. The van der Waals surface area contributed by atoms with E-state index >= 15 is 0 Å². The summed E-state index contributed by atoms with van der Waals surface area (Å²) in [6.07, 6.45) is 2.36. The van der Waals surface area contributed by atoms with Crippen molar-refractivity contribution in [2.45, 2.75) is 26.9 Å². The van der Waals surface area contributed by atoms with Crippen LogP contribution in [0.5, 0.6) is 17.2 Å². The van der Waals surface area contributed by atoms with Gasteiger partial charge in [-0.15, -0.1) is 0 Å². The summed E-state index contributed by atoms with van der Waals surface area (Å²) in [5.74, 6) is 1.36. The minimum Gasteiger partial charge on any atom is -0.488 e. The number of pyridine rings is 1. The predicted molar refractivity (Wildman–Crippen MR) is 93.7 cm³/mol. The molecule has 2 aromatic rings. The van der Waals surface area contributed by atoms with Crippen molar-refractivity contribution >= 4 is 5.97 Å². The zero-order valence-electron chi connectivity index (χ0n) is 14.7.